The number of carbonyl (C=O) groups is 2. The third kappa shape index (κ3) is 19.9. The lowest BCUT2D eigenvalue weighted by molar-refractivity contribution is -0.220. The predicted molar refractivity (Wildman–Crippen MR) is 180 cm³/mol. The number of aliphatic hydroxyl groups excluding tert-OH is 5. The van der Waals surface area contributed by atoms with E-state index in [9.17, 15) is 44.6 Å². The Bertz CT molecular complexity index is 875. The Morgan fingerprint density at radius 2 is 0.958 bits per heavy atom. The highest BCUT2D eigenvalue weighted by Crippen LogP contribution is 2.47. The van der Waals surface area contributed by atoms with Gasteiger partial charge in [0.2, 0.25) is 0 Å². The van der Waals surface area contributed by atoms with E-state index in [0.29, 0.717) is 12.8 Å². The second kappa shape index (κ2) is 26.6. The van der Waals surface area contributed by atoms with Gasteiger partial charge in [-0.2, -0.15) is 0 Å². The van der Waals surface area contributed by atoms with Crippen molar-refractivity contribution in [3.63, 3.8) is 0 Å². The Labute approximate surface area is 287 Å². The van der Waals surface area contributed by atoms with Gasteiger partial charge in [0.1, 0.15) is 43.2 Å². The minimum Gasteiger partial charge on any atom is -0.462 e. The van der Waals surface area contributed by atoms with Crippen LogP contribution < -0.4 is 0 Å². The summed E-state index contributed by atoms with van der Waals surface area (Å²) in [5.41, 5.74) is 0. The lowest BCUT2D eigenvalue weighted by atomic mass is 9.85. The smallest absolute Gasteiger partial charge is 0.462 e. The van der Waals surface area contributed by atoms with Crippen LogP contribution in [0.4, 0.5) is 0 Å². The first kappa shape index (κ1) is 44.9. The molecule has 1 aliphatic carbocycles. The van der Waals surface area contributed by atoms with Crippen LogP contribution in [0.1, 0.15) is 149 Å². The number of rotatable bonds is 29. The molecular formula is C34H65O13P. The lowest BCUT2D eigenvalue weighted by Crippen LogP contribution is -2.64. The molecule has 13 nitrogen and oxygen atoms in total. The Morgan fingerprint density at radius 3 is 1.42 bits per heavy atom. The van der Waals surface area contributed by atoms with Gasteiger partial charge >= 0.3 is 19.8 Å². The van der Waals surface area contributed by atoms with E-state index in [1.165, 1.54) is 83.5 Å². The lowest BCUT2D eigenvalue weighted by Gasteiger charge is -2.41. The van der Waals surface area contributed by atoms with Crippen LogP contribution in [0.15, 0.2) is 0 Å². The minimum atomic E-state index is -5.08. The molecule has 1 saturated carbocycles. The molecule has 1 rings (SSSR count). The van der Waals surface area contributed by atoms with E-state index < -0.39 is 75.7 Å². The highest BCUT2D eigenvalue weighted by Gasteiger charge is 2.51. The number of hydrogen-bond acceptors (Lipinski definition) is 12. The summed E-state index contributed by atoms with van der Waals surface area (Å²) in [6.07, 6.45) is 9.06. The summed E-state index contributed by atoms with van der Waals surface area (Å²) in [6, 6.07) is 0. The maximum Gasteiger partial charge on any atom is 0.472 e. The fourth-order valence-electron chi connectivity index (χ4n) is 5.62. The fourth-order valence-corrected chi connectivity index (χ4v) is 6.59. The molecule has 284 valence electrons. The van der Waals surface area contributed by atoms with E-state index in [-0.39, 0.29) is 12.8 Å². The van der Waals surface area contributed by atoms with Crippen molar-refractivity contribution in [1.29, 1.82) is 0 Å². The summed E-state index contributed by atoms with van der Waals surface area (Å²) in [4.78, 5) is 34.7. The number of phosphoric acid groups is 1. The number of phosphoric ester groups is 1. The summed E-state index contributed by atoms with van der Waals surface area (Å²) in [7, 11) is -5.08. The molecule has 6 atom stereocenters. The van der Waals surface area contributed by atoms with Gasteiger partial charge in [-0.3, -0.25) is 18.6 Å². The minimum absolute atomic E-state index is 0.102. The van der Waals surface area contributed by atoms with Crippen molar-refractivity contribution in [2.24, 2.45) is 0 Å². The molecule has 6 unspecified atom stereocenters. The van der Waals surface area contributed by atoms with Crippen molar-refractivity contribution in [3.8, 4) is 0 Å². The van der Waals surface area contributed by atoms with E-state index in [2.05, 4.69) is 6.92 Å². The van der Waals surface area contributed by atoms with E-state index >= 15 is 0 Å². The molecule has 0 aliphatic heterocycles. The molecule has 0 bridgehead atoms. The summed E-state index contributed by atoms with van der Waals surface area (Å²) < 4.78 is 32.8. The second-order valence-corrected chi connectivity index (χ2v) is 14.5. The highest BCUT2D eigenvalue weighted by molar-refractivity contribution is 7.47. The van der Waals surface area contributed by atoms with Gasteiger partial charge in [-0.1, -0.05) is 123 Å². The van der Waals surface area contributed by atoms with Crippen LogP contribution >= 0.6 is 7.82 Å². The highest BCUT2D eigenvalue weighted by atomic mass is 31.2. The normalized spacial score (nSPS) is 24.6. The average Bonchev–Trinajstić information content (AvgIpc) is 3.06. The Balaban J connectivity index is 2.36. The van der Waals surface area contributed by atoms with Gasteiger partial charge in [0.05, 0.1) is 6.61 Å². The maximum atomic E-state index is 12.6. The van der Waals surface area contributed by atoms with Crippen molar-refractivity contribution < 1.29 is 63.1 Å². The van der Waals surface area contributed by atoms with E-state index in [1.807, 2.05) is 6.92 Å². The zero-order valence-electron chi connectivity index (χ0n) is 29.3. The molecule has 1 aliphatic rings. The summed E-state index contributed by atoms with van der Waals surface area (Å²) in [5.74, 6) is -1.13. The van der Waals surface area contributed by atoms with Crippen LogP contribution in [0.3, 0.4) is 0 Å². The van der Waals surface area contributed by atoms with Crippen molar-refractivity contribution in [2.45, 2.75) is 191 Å². The molecule has 6 N–H and O–H groups in total. The molecule has 0 saturated heterocycles. The maximum absolute atomic E-state index is 12.6. The Kier molecular flexibility index (Phi) is 24.9. The van der Waals surface area contributed by atoms with Crippen LogP contribution in [-0.4, -0.2) is 98.3 Å². The molecule has 0 amide bonds. The molecule has 14 heteroatoms. The molecule has 0 aromatic carbocycles. The summed E-state index contributed by atoms with van der Waals surface area (Å²) >= 11 is 0. The summed E-state index contributed by atoms with van der Waals surface area (Å²) in [6.45, 7) is 2.98. The molecular weight excluding hydrogens is 647 g/mol. The van der Waals surface area contributed by atoms with E-state index in [4.69, 9.17) is 18.5 Å². The SMILES string of the molecule is CCCCCCCCCCCCCCCCCCCC(=O)OC(COC(=O)CCCC)COP(=O)(O)OC1C(O)C(O)C(O)C(O)C1O. The van der Waals surface area contributed by atoms with Crippen molar-refractivity contribution in [1.82, 2.24) is 0 Å². The Morgan fingerprint density at radius 1 is 0.562 bits per heavy atom. The molecule has 48 heavy (non-hydrogen) atoms. The first-order chi connectivity index (χ1) is 22.9. The molecule has 0 aromatic rings. The van der Waals surface area contributed by atoms with Gasteiger partial charge in [-0.05, 0) is 12.8 Å². The zero-order chi connectivity index (χ0) is 35.8. The third-order valence-electron chi connectivity index (χ3n) is 8.70. The van der Waals surface area contributed by atoms with Crippen molar-refractivity contribution in [2.75, 3.05) is 13.2 Å². The van der Waals surface area contributed by atoms with Gasteiger partial charge < -0.3 is 39.9 Å². The number of unbranched alkanes of at least 4 members (excludes halogenated alkanes) is 17. The monoisotopic (exact) mass is 712 g/mol. The predicted octanol–water partition coefficient (Wildman–Crippen LogP) is 4.99. The third-order valence-corrected chi connectivity index (χ3v) is 9.68. The number of ether oxygens (including phenoxy) is 2. The standard InChI is InChI=1S/C34H65O13P/c1-3-5-7-8-9-10-11-12-13-14-15-16-17-18-19-20-21-23-28(36)46-26(24-44-27(35)22-6-4-2)25-45-48(42,43)47-34-32(40)30(38)29(37)31(39)33(34)41/h26,29-34,37-41H,3-25H2,1-2H3,(H,42,43). The number of carbonyl (C=O) groups excluding carboxylic acids is 2. The van der Waals surface area contributed by atoms with Crippen LogP contribution in [0, 0.1) is 0 Å². The first-order valence-electron chi connectivity index (χ1n) is 18.3. The van der Waals surface area contributed by atoms with Gasteiger partial charge in [-0.25, -0.2) is 4.57 Å². The largest absolute Gasteiger partial charge is 0.472 e. The van der Waals surface area contributed by atoms with Crippen LogP contribution in [0.5, 0.6) is 0 Å². The molecule has 1 fully saturated rings. The van der Waals surface area contributed by atoms with Crippen molar-refractivity contribution in [3.05, 3.63) is 0 Å². The molecule has 0 aromatic heterocycles. The van der Waals surface area contributed by atoms with Gasteiger partial charge in [-0.15, -0.1) is 0 Å². The van der Waals surface area contributed by atoms with E-state index in [0.717, 1.165) is 25.7 Å². The number of aliphatic hydroxyl groups is 5. The van der Waals surface area contributed by atoms with Crippen LogP contribution in [-0.2, 0) is 32.7 Å². The topological polar surface area (TPSA) is 210 Å². The van der Waals surface area contributed by atoms with E-state index in [1.54, 1.807) is 0 Å². The van der Waals surface area contributed by atoms with Crippen molar-refractivity contribution >= 4 is 19.8 Å². The van der Waals surface area contributed by atoms with Gasteiger partial charge in [0, 0.05) is 12.8 Å². The van der Waals surface area contributed by atoms with Crippen LogP contribution in [0.25, 0.3) is 0 Å². The average molecular weight is 713 g/mol. The fraction of sp³-hybridized carbons (Fsp3) is 0.941. The molecule has 0 heterocycles. The second-order valence-electron chi connectivity index (χ2n) is 13.1. The number of hydrogen-bond donors (Lipinski definition) is 6. The summed E-state index contributed by atoms with van der Waals surface area (Å²) in [5, 5.41) is 49.6. The molecule has 0 spiro atoms. The van der Waals surface area contributed by atoms with Gasteiger partial charge in [0.15, 0.2) is 6.10 Å². The first-order valence-corrected chi connectivity index (χ1v) is 19.8. The number of esters is 2. The zero-order valence-corrected chi connectivity index (χ0v) is 30.2. The molecule has 0 radical (unpaired) electrons. The Hall–Kier alpha value is -1.15. The van der Waals surface area contributed by atoms with Gasteiger partial charge in [0.25, 0.3) is 0 Å². The van der Waals surface area contributed by atoms with Crippen LogP contribution in [0.2, 0.25) is 0 Å². The quantitative estimate of drug-likeness (QED) is 0.0343.